The Morgan fingerprint density at radius 1 is 1.29 bits per heavy atom. The number of esters is 1. The standard InChI is InChI=1S/C11H23NO2/c1-3-5-6-7-10(12)9-11(13)14-8-4-2/h10H,3-9,12H2,1-2H3. The Morgan fingerprint density at radius 3 is 2.57 bits per heavy atom. The minimum Gasteiger partial charge on any atom is -0.466 e. The Labute approximate surface area is 87.0 Å². The van der Waals surface area contributed by atoms with Crippen molar-refractivity contribution in [3.05, 3.63) is 0 Å². The highest BCUT2D eigenvalue weighted by Gasteiger charge is 2.09. The molecule has 1 unspecified atom stereocenters. The lowest BCUT2D eigenvalue weighted by Crippen LogP contribution is -2.24. The number of carbonyl (C=O) groups excluding carboxylic acids is 1. The highest BCUT2D eigenvalue weighted by molar-refractivity contribution is 5.70. The average molecular weight is 201 g/mol. The Kier molecular flexibility index (Phi) is 8.64. The van der Waals surface area contributed by atoms with Gasteiger partial charge in [0.05, 0.1) is 13.0 Å². The van der Waals surface area contributed by atoms with Crippen molar-refractivity contribution in [2.24, 2.45) is 5.73 Å². The van der Waals surface area contributed by atoms with E-state index in [0.717, 1.165) is 19.3 Å². The lowest BCUT2D eigenvalue weighted by Gasteiger charge is -2.10. The van der Waals surface area contributed by atoms with Crippen LogP contribution in [-0.2, 0) is 9.53 Å². The number of carbonyl (C=O) groups is 1. The van der Waals surface area contributed by atoms with Crippen molar-refractivity contribution in [1.29, 1.82) is 0 Å². The number of rotatable bonds is 8. The van der Waals surface area contributed by atoms with Gasteiger partial charge in [0.1, 0.15) is 0 Å². The number of unbranched alkanes of at least 4 members (excludes halogenated alkanes) is 2. The van der Waals surface area contributed by atoms with Gasteiger partial charge in [0, 0.05) is 6.04 Å². The van der Waals surface area contributed by atoms with E-state index in [4.69, 9.17) is 10.5 Å². The first-order valence-electron chi connectivity index (χ1n) is 5.61. The van der Waals surface area contributed by atoms with Crippen LogP contribution >= 0.6 is 0 Å². The van der Waals surface area contributed by atoms with E-state index >= 15 is 0 Å². The van der Waals surface area contributed by atoms with E-state index in [0.29, 0.717) is 13.0 Å². The van der Waals surface area contributed by atoms with Gasteiger partial charge in [-0.15, -0.1) is 0 Å². The third-order valence-corrected chi connectivity index (χ3v) is 2.07. The van der Waals surface area contributed by atoms with Crippen LogP contribution in [0.2, 0.25) is 0 Å². The SMILES string of the molecule is CCCCCC(N)CC(=O)OCCC. The summed E-state index contributed by atoms with van der Waals surface area (Å²) in [4.78, 5) is 11.1. The van der Waals surface area contributed by atoms with E-state index in [2.05, 4.69) is 6.92 Å². The highest BCUT2D eigenvalue weighted by Crippen LogP contribution is 2.05. The predicted octanol–water partition coefficient (Wildman–Crippen LogP) is 2.24. The van der Waals surface area contributed by atoms with Gasteiger partial charge in [-0.05, 0) is 12.8 Å². The molecule has 0 aromatic heterocycles. The predicted molar refractivity (Wildman–Crippen MR) is 58.0 cm³/mol. The molecule has 14 heavy (non-hydrogen) atoms. The molecule has 0 fully saturated rings. The second-order valence-corrected chi connectivity index (χ2v) is 3.68. The van der Waals surface area contributed by atoms with Crippen LogP contribution in [0.5, 0.6) is 0 Å². The maximum Gasteiger partial charge on any atom is 0.307 e. The van der Waals surface area contributed by atoms with Crippen molar-refractivity contribution < 1.29 is 9.53 Å². The Hall–Kier alpha value is -0.570. The van der Waals surface area contributed by atoms with Crippen LogP contribution in [0.1, 0.15) is 52.4 Å². The molecule has 1 atom stereocenters. The zero-order chi connectivity index (χ0) is 10.8. The van der Waals surface area contributed by atoms with Crippen LogP contribution in [0, 0.1) is 0 Å². The van der Waals surface area contributed by atoms with Gasteiger partial charge >= 0.3 is 5.97 Å². The topological polar surface area (TPSA) is 52.3 Å². The zero-order valence-corrected chi connectivity index (χ0v) is 9.42. The molecule has 0 saturated heterocycles. The molecule has 0 aliphatic carbocycles. The largest absolute Gasteiger partial charge is 0.466 e. The van der Waals surface area contributed by atoms with Gasteiger partial charge in [0.25, 0.3) is 0 Å². The monoisotopic (exact) mass is 201 g/mol. The summed E-state index contributed by atoms with van der Waals surface area (Å²) in [5.41, 5.74) is 5.79. The Balaban J connectivity index is 3.40. The van der Waals surface area contributed by atoms with E-state index in [1.165, 1.54) is 12.8 Å². The van der Waals surface area contributed by atoms with Crippen molar-refractivity contribution in [1.82, 2.24) is 0 Å². The summed E-state index contributed by atoms with van der Waals surface area (Å²) in [7, 11) is 0. The minimum absolute atomic E-state index is 0.0223. The molecule has 0 aliphatic rings. The van der Waals surface area contributed by atoms with Crippen molar-refractivity contribution in [2.75, 3.05) is 6.61 Å². The number of hydrogen-bond donors (Lipinski definition) is 1. The van der Waals surface area contributed by atoms with E-state index in [-0.39, 0.29) is 12.0 Å². The molecule has 0 amide bonds. The summed E-state index contributed by atoms with van der Waals surface area (Å²) in [5.74, 6) is -0.157. The average Bonchev–Trinajstić information content (AvgIpc) is 2.15. The fourth-order valence-corrected chi connectivity index (χ4v) is 1.25. The fraction of sp³-hybridized carbons (Fsp3) is 0.909. The van der Waals surface area contributed by atoms with Gasteiger partial charge in [-0.25, -0.2) is 0 Å². The normalized spacial score (nSPS) is 12.5. The smallest absolute Gasteiger partial charge is 0.307 e. The van der Waals surface area contributed by atoms with Crippen molar-refractivity contribution >= 4 is 5.97 Å². The first-order chi connectivity index (χ1) is 6.70. The van der Waals surface area contributed by atoms with Crippen molar-refractivity contribution in [3.8, 4) is 0 Å². The zero-order valence-electron chi connectivity index (χ0n) is 9.42. The second-order valence-electron chi connectivity index (χ2n) is 3.68. The summed E-state index contributed by atoms with van der Waals surface area (Å²) in [6.07, 6.45) is 5.65. The Morgan fingerprint density at radius 2 is 2.00 bits per heavy atom. The summed E-state index contributed by atoms with van der Waals surface area (Å²) < 4.78 is 4.95. The van der Waals surface area contributed by atoms with Crippen LogP contribution in [0.3, 0.4) is 0 Å². The van der Waals surface area contributed by atoms with Gasteiger partial charge in [-0.2, -0.15) is 0 Å². The molecule has 0 aliphatic heterocycles. The molecule has 0 rings (SSSR count). The molecule has 0 bridgehead atoms. The van der Waals surface area contributed by atoms with Gasteiger partial charge < -0.3 is 10.5 Å². The molecule has 0 radical (unpaired) electrons. The van der Waals surface area contributed by atoms with Crippen LogP contribution < -0.4 is 5.73 Å². The number of hydrogen-bond acceptors (Lipinski definition) is 3. The maximum atomic E-state index is 11.1. The van der Waals surface area contributed by atoms with Crippen LogP contribution in [-0.4, -0.2) is 18.6 Å². The van der Waals surface area contributed by atoms with Gasteiger partial charge in [0.15, 0.2) is 0 Å². The quantitative estimate of drug-likeness (QED) is 0.484. The van der Waals surface area contributed by atoms with Crippen molar-refractivity contribution in [2.45, 2.75) is 58.4 Å². The molecule has 84 valence electrons. The highest BCUT2D eigenvalue weighted by atomic mass is 16.5. The molecule has 0 aromatic rings. The molecular formula is C11H23NO2. The lowest BCUT2D eigenvalue weighted by atomic mass is 10.1. The lowest BCUT2D eigenvalue weighted by molar-refractivity contribution is -0.144. The summed E-state index contributed by atoms with van der Waals surface area (Å²) in [6.45, 7) is 4.65. The molecule has 2 N–H and O–H groups in total. The summed E-state index contributed by atoms with van der Waals surface area (Å²) in [5, 5.41) is 0. The third-order valence-electron chi connectivity index (χ3n) is 2.07. The Bertz CT molecular complexity index is 148. The maximum absolute atomic E-state index is 11.1. The minimum atomic E-state index is -0.157. The first kappa shape index (κ1) is 13.4. The first-order valence-corrected chi connectivity index (χ1v) is 5.61. The molecule has 0 aromatic carbocycles. The van der Waals surface area contributed by atoms with Crippen LogP contribution in [0.4, 0.5) is 0 Å². The fourth-order valence-electron chi connectivity index (χ4n) is 1.25. The van der Waals surface area contributed by atoms with Crippen molar-refractivity contribution in [3.63, 3.8) is 0 Å². The van der Waals surface area contributed by atoms with Crippen LogP contribution in [0.15, 0.2) is 0 Å². The van der Waals surface area contributed by atoms with Gasteiger partial charge in [-0.3, -0.25) is 4.79 Å². The molecule has 3 nitrogen and oxygen atoms in total. The molecule has 0 spiro atoms. The van der Waals surface area contributed by atoms with Gasteiger partial charge in [-0.1, -0.05) is 33.1 Å². The third kappa shape index (κ3) is 8.05. The summed E-state index contributed by atoms with van der Waals surface area (Å²) >= 11 is 0. The van der Waals surface area contributed by atoms with E-state index < -0.39 is 0 Å². The van der Waals surface area contributed by atoms with Gasteiger partial charge in [0.2, 0.25) is 0 Å². The van der Waals surface area contributed by atoms with Crippen LogP contribution in [0.25, 0.3) is 0 Å². The molecular weight excluding hydrogens is 178 g/mol. The summed E-state index contributed by atoms with van der Waals surface area (Å²) in [6, 6.07) is -0.0223. The molecule has 3 heteroatoms. The number of nitrogens with two attached hydrogens (primary N) is 1. The number of ether oxygens (including phenoxy) is 1. The van der Waals surface area contributed by atoms with E-state index in [1.54, 1.807) is 0 Å². The van der Waals surface area contributed by atoms with E-state index in [1.807, 2.05) is 6.92 Å². The van der Waals surface area contributed by atoms with E-state index in [9.17, 15) is 4.79 Å². The molecule has 0 saturated carbocycles. The second kappa shape index (κ2) is 9.00. The molecule has 0 heterocycles.